The van der Waals surface area contributed by atoms with Gasteiger partial charge < -0.3 is 10.8 Å². The van der Waals surface area contributed by atoms with Crippen LogP contribution in [0.3, 0.4) is 0 Å². The van der Waals surface area contributed by atoms with Crippen molar-refractivity contribution in [2.45, 2.75) is 26.0 Å². The molecule has 2 atom stereocenters. The van der Waals surface area contributed by atoms with Crippen molar-refractivity contribution in [3.05, 3.63) is 34.9 Å². The Hall–Kier alpha value is -0.570. The van der Waals surface area contributed by atoms with E-state index >= 15 is 0 Å². The van der Waals surface area contributed by atoms with Gasteiger partial charge >= 0.3 is 0 Å². The molecule has 0 aliphatic carbocycles. The fraction of sp³-hybridized carbons (Fsp3) is 0.455. The Bertz CT molecular complexity index is 301. The van der Waals surface area contributed by atoms with E-state index in [0.717, 1.165) is 5.56 Å². The summed E-state index contributed by atoms with van der Waals surface area (Å²) in [5.74, 6) is 0.143. The summed E-state index contributed by atoms with van der Waals surface area (Å²) < 4.78 is 0. The molecule has 1 rings (SSSR count). The standard InChI is InChI=1S/C11H16ClNO/c1-7(2)11(14)10(13)8-4-3-5-9(12)6-8/h3-7,10-11,14H,13H2,1-2H3/t10-,11+/m0/s1. The quantitative estimate of drug-likeness (QED) is 0.810. The fourth-order valence-electron chi connectivity index (χ4n) is 1.33. The van der Waals surface area contributed by atoms with Crippen molar-refractivity contribution in [2.75, 3.05) is 0 Å². The van der Waals surface area contributed by atoms with Crippen LogP contribution in [-0.4, -0.2) is 11.2 Å². The number of hydrogen-bond acceptors (Lipinski definition) is 2. The summed E-state index contributed by atoms with van der Waals surface area (Å²) in [5, 5.41) is 10.4. The van der Waals surface area contributed by atoms with E-state index in [1.807, 2.05) is 26.0 Å². The van der Waals surface area contributed by atoms with E-state index < -0.39 is 6.10 Å². The molecule has 78 valence electrons. The van der Waals surface area contributed by atoms with Crippen LogP contribution in [0, 0.1) is 5.92 Å². The average Bonchev–Trinajstić information content (AvgIpc) is 2.15. The molecule has 2 nitrogen and oxygen atoms in total. The van der Waals surface area contributed by atoms with Crippen LogP contribution in [0.1, 0.15) is 25.5 Å². The normalized spacial score (nSPS) is 15.6. The average molecular weight is 214 g/mol. The van der Waals surface area contributed by atoms with Gasteiger partial charge in [0.25, 0.3) is 0 Å². The molecule has 0 amide bonds. The molecule has 0 saturated heterocycles. The number of nitrogens with two attached hydrogens (primary N) is 1. The number of benzene rings is 1. The molecular weight excluding hydrogens is 198 g/mol. The highest BCUT2D eigenvalue weighted by molar-refractivity contribution is 6.30. The second-order valence-corrected chi connectivity index (χ2v) is 4.25. The molecular formula is C11H16ClNO. The molecule has 14 heavy (non-hydrogen) atoms. The molecule has 0 aliphatic heterocycles. The van der Waals surface area contributed by atoms with Crippen LogP contribution >= 0.6 is 11.6 Å². The Morgan fingerprint density at radius 3 is 2.50 bits per heavy atom. The number of hydrogen-bond donors (Lipinski definition) is 2. The van der Waals surface area contributed by atoms with Gasteiger partial charge in [-0.2, -0.15) is 0 Å². The van der Waals surface area contributed by atoms with Crippen LogP contribution in [0.2, 0.25) is 5.02 Å². The van der Waals surface area contributed by atoms with Crippen LogP contribution in [0.25, 0.3) is 0 Å². The zero-order valence-electron chi connectivity index (χ0n) is 8.44. The first-order chi connectivity index (χ1) is 6.52. The smallest absolute Gasteiger partial charge is 0.0755 e. The lowest BCUT2D eigenvalue weighted by atomic mass is 9.95. The van der Waals surface area contributed by atoms with Gasteiger partial charge in [0.2, 0.25) is 0 Å². The lowest BCUT2D eigenvalue weighted by Gasteiger charge is -2.22. The molecule has 0 aliphatic rings. The third-order valence-corrected chi connectivity index (χ3v) is 2.52. The minimum absolute atomic E-state index is 0.143. The highest BCUT2D eigenvalue weighted by Crippen LogP contribution is 2.21. The van der Waals surface area contributed by atoms with E-state index in [1.54, 1.807) is 12.1 Å². The monoisotopic (exact) mass is 213 g/mol. The summed E-state index contributed by atoms with van der Waals surface area (Å²) in [6.45, 7) is 3.88. The molecule has 0 heterocycles. The molecule has 1 aromatic rings. The van der Waals surface area contributed by atoms with Gasteiger partial charge in [-0.15, -0.1) is 0 Å². The van der Waals surface area contributed by atoms with E-state index in [9.17, 15) is 5.11 Å². The number of halogens is 1. The van der Waals surface area contributed by atoms with Crippen LogP contribution in [-0.2, 0) is 0 Å². The van der Waals surface area contributed by atoms with Gasteiger partial charge in [-0.3, -0.25) is 0 Å². The minimum atomic E-state index is -0.534. The van der Waals surface area contributed by atoms with Gasteiger partial charge in [0, 0.05) is 5.02 Å². The summed E-state index contributed by atoms with van der Waals surface area (Å²) in [5.41, 5.74) is 6.77. The minimum Gasteiger partial charge on any atom is -0.391 e. The van der Waals surface area contributed by atoms with E-state index in [-0.39, 0.29) is 12.0 Å². The number of rotatable bonds is 3. The molecule has 3 heteroatoms. The van der Waals surface area contributed by atoms with Crippen molar-refractivity contribution >= 4 is 11.6 Å². The SMILES string of the molecule is CC(C)[C@@H](O)[C@@H](N)c1cccc(Cl)c1. The van der Waals surface area contributed by atoms with E-state index in [1.165, 1.54) is 0 Å². The molecule has 0 aromatic heterocycles. The van der Waals surface area contributed by atoms with E-state index in [2.05, 4.69) is 0 Å². The Balaban J connectivity index is 2.83. The molecule has 0 fully saturated rings. The largest absolute Gasteiger partial charge is 0.391 e. The highest BCUT2D eigenvalue weighted by Gasteiger charge is 2.19. The van der Waals surface area contributed by atoms with Gasteiger partial charge in [-0.05, 0) is 23.6 Å². The van der Waals surface area contributed by atoms with Gasteiger partial charge in [0.05, 0.1) is 12.1 Å². The predicted molar refractivity (Wildman–Crippen MR) is 59.2 cm³/mol. The molecule has 0 spiro atoms. The van der Waals surface area contributed by atoms with Crippen LogP contribution < -0.4 is 5.73 Å². The maximum atomic E-state index is 9.77. The Kier molecular flexibility index (Phi) is 3.93. The van der Waals surface area contributed by atoms with E-state index in [0.29, 0.717) is 5.02 Å². The second-order valence-electron chi connectivity index (χ2n) is 3.82. The fourth-order valence-corrected chi connectivity index (χ4v) is 1.52. The first kappa shape index (κ1) is 11.5. The third-order valence-electron chi connectivity index (χ3n) is 2.28. The van der Waals surface area contributed by atoms with Crippen molar-refractivity contribution in [1.82, 2.24) is 0 Å². The summed E-state index contributed by atoms with van der Waals surface area (Å²) in [6, 6.07) is 6.93. The maximum Gasteiger partial charge on any atom is 0.0755 e. The molecule has 0 radical (unpaired) electrons. The van der Waals surface area contributed by atoms with Gasteiger partial charge in [-0.1, -0.05) is 37.6 Å². The van der Waals surface area contributed by atoms with Gasteiger partial charge in [-0.25, -0.2) is 0 Å². The Labute approximate surface area is 89.7 Å². The molecule has 3 N–H and O–H groups in total. The van der Waals surface area contributed by atoms with Crippen molar-refractivity contribution in [3.63, 3.8) is 0 Å². The first-order valence-corrected chi connectivity index (χ1v) is 5.09. The molecule has 1 aromatic carbocycles. The third kappa shape index (κ3) is 2.71. The van der Waals surface area contributed by atoms with Gasteiger partial charge in [0.1, 0.15) is 0 Å². The van der Waals surface area contributed by atoms with Crippen molar-refractivity contribution in [1.29, 1.82) is 0 Å². The van der Waals surface area contributed by atoms with Crippen LogP contribution in [0.5, 0.6) is 0 Å². The lowest BCUT2D eigenvalue weighted by molar-refractivity contribution is 0.0979. The summed E-state index contributed by atoms with van der Waals surface area (Å²) >= 11 is 5.84. The summed E-state index contributed by atoms with van der Waals surface area (Å²) in [7, 11) is 0. The van der Waals surface area contributed by atoms with E-state index in [4.69, 9.17) is 17.3 Å². The zero-order valence-corrected chi connectivity index (χ0v) is 9.20. The van der Waals surface area contributed by atoms with Gasteiger partial charge in [0.15, 0.2) is 0 Å². The maximum absolute atomic E-state index is 9.77. The topological polar surface area (TPSA) is 46.2 Å². The Morgan fingerprint density at radius 2 is 2.00 bits per heavy atom. The number of aliphatic hydroxyl groups excluding tert-OH is 1. The zero-order chi connectivity index (χ0) is 10.7. The first-order valence-electron chi connectivity index (χ1n) is 4.71. The van der Waals surface area contributed by atoms with Crippen molar-refractivity contribution in [2.24, 2.45) is 11.7 Å². The van der Waals surface area contributed by atoms with Crippen molar-refractivity contribution < 1.29 is 5.11 Å². The Morgan fingerprint density at radius 1 is 1.36 bits per heavy atom. The molecule has 0 unspecified atom stereocenters. The summed E-state index contributed by atoms with van der Waals surface area (Å²) in [6.07, 6.45) is -0.534. The van der Waals surface area contributed by atoms with Crippen molar-refractivity contribution in [3.8, 4) is 0 Å². The van der Waals surface area contributed by atoms with Crippen LogP contribution in [0.15, 0.2) is 24.3 Å². The summed E-state index contributed by atoms with van der Waals surface area (Å²) in [4.78, 5) is 0. The highest BCUT2D eigenvalue weighted by atomic mass is 35.5. The van der Waals surface area contributed by atoms with Crippen LogP contribution in [0.4, 0.5) is 0 Å². The lowest BCUT2D eigenvalue weighted by Crippen LogP contribution is -2.30. The second kappa shape index (κ2) is 4.78. The molecule has 0 saturated carbocycles. The predicted octanol–water partition coefficient (Wildman–Crippen LogP) is 2.36. The molecule has 0 bridgehead atoms. The number of aliphatic hydroxyl groups is 1.